The van der Waals surface area contributed by atoms with E-state index in [0.717, 1.165) is 28.3 Å². The average molecular weight is 431 g/mol. The maximum Gasteiger partial charge on any atom is 0.119 e. The predicted octanol–water partition coefficient (Wildman–Crippen LogP) is 7.46. The van der Waals surface area contributed by atoms with Crippen molar-refractivity contribution in [3.63, 3.8) is 0 Å². The molecule has 1 nitrogen and oxygen atoms in total. The second kappa shape index (κ2) is 9.14. The number of aromatic hydroxyl groups is 1. The maximum absolute atomic E-state index is 10.6. The van der Waals surface area contributed by atoms with Gasteiger partial charge in [0.2, 0.25) is 0 Å². The van der Waals surface area contributed by atoms with E-state index in [1.807, 2.05) is 36.4 Å². The third-order valence-corrected chi connectivity index (χ3v) is 6.29. The Balaban J connectivity index is 1.37. The van der Waals surface area contributed by atoms with Crippen molar-refractivity contribution in [2.24, 2.45) is 0 Å². The van der Waals surface area contributed by atoms with E-state index in [-0.39, 0.29) is 0 Å². The highest BCUT2D eigenvalue weighted by atomic mass is 32.1. The first kappa shape index (κ1) is 20.1. The summed E-state index contributed by atoms with van der Waals surface area (Å²) in [5, 5.41) is 17.0. The molecule has 1 N–H and O–H groups in total. The molecule has 1 heterocycles. The molecule has 0 unspecified atom stereocenters. The molecule has 0 saturated heterocycles. The summed E-state index contributed by atoms with van der Waals surface area (Å²) < 4.78 is 0. The fourth-order valence-corrected chi connectivity index (χ4v) is 4.53. The highest BCUT2D eigenvalue weighted by molar-refractivity contribution is 7.08. The lowest BCUT2D eigenvalue weighted by Gasteiger charge is -2.09. The number of thiophene rings is 1. The van der Waals surface area contributed by atoms with E-state index in [0.29, 0.717) is 12.2 Å². The fraction of sp³-hybridized carbons (Fsp3) is 0.0667. The van der Waals surface area contributed by atoms with E-state index in [4.69, 9.17) is 0 Å². The second-order valence-electron chi connectivity index (χ2n) is 7.89. The van der Waals surface area contributed by atoms with Crippen LogP contribution >= 0.6 is 11.3 Å². The van der Waals surface area contributed by atoms with Gasteiger partial charge >= 0.3 is 0 Å². The molecule has 0 fully saturated rings. The molecule has 32 heavy (non-hydrogen) atoms. The third-order valence-electron chi connectivity index (χ3n) is 5.61. The molecule has 0 amide bonds. The van der Waals surface area contributed by atoms with Gasteiger partial charge in [-0.1, -0.05) is 72.5 Å². The Morgan fingerprint density at radius 1 is 0.719 bits per heavy atom. The largest absolute Gasteiger partial charge is 0.508 e. The molecule has 0 aliphatic carbocycles. The zero-order valence-electron chi connectivity index (χ0n) is 17.6. The van der Waals surface area contributed by atoms with E-state index < -0.39 is 0 Å². The van der Waals surface area contributed by atoms with Crippen LogP contribution < -0.4 is 0 Å². The van der Waals surface area contributed by atoms with Crippen LogP contribution in [0.1, 0.15) is 22.3 Å². The van der Waals surface area contributed by atoms with Crippen molar-refractivity contribution in [2.45, 2.75) is 12.8 Å². The van der Waals surface area contributed by atoms with Crippen LogP contribution in [0.3, 0.4) is 0 Å². The molecule has 1 aromatic heterocycles. The lowest BCUT2D eigenvalue weighted by atomic mass is 9.97. The SMILES string of the molecule is Oc1cc2ccc(C#CCc3ccccc3)cc2cc1Cc1ccc(-c2ccsc2)cc1. The molecule has 0 saturated carbocycles. The molecular weight excluding hydrogens is 408 g/mol. The van der Waals surface area contributed by atoms with Crippen LogP contribution in [0, 0.1) is 11.8 Å². The van der Waals surface area contributed by atoms with Crippen molar-refractivity contribution in [3.8, 4) is 28.7 Å². The van der Waals surface area contributed by atoms with Gasteiger partial charge in [-0.3, -0.25) is 0 Å². The monoisotopic (exact) mass is 430 g/mol. The maximum atomic E-state index is 10.6. The summed E-state index contributed by atoms with van der Waals surface area (Å²) in [5.74, 6) is 6.88. The Morgan fingerprint density at radius 3 is 2.34 bits per heavy atom. The highest BCUT2D eigenvalue weighted by Crippen LogP contribution is 2.29. The van der Waals surface area contributed by atoms with Gasteiger partial charge < -0.3 is 5.11 Å². The predicted molar refractivity (Wildman–Crippen MR) is 135 cm³/mol. The first-order chi connectivity index (χ1) is 15.7. The van der Waals surface area contributed by atoms with E-state index >= 15 is 0 Å². The minimum Gasteiger partial charge on any atom is -0.508 e. The smallest absolute Gasteiger partial charge is 0.119 e. The number of benzene rings is 4. The Kier molecular flexibility index (Phi) is 5.75. The lowest BCUT2D eigenvalue weighted by Crippen LogP contribution is -1.90. The Morgan fingerprint density at radius 2 is 1.56 bits per heavy atom. The van der Waals surface area contributed by atoms with E-state index in [1.165, 1.54) is 22.3 Å². The standard InChI is InChI=1S/C30H22OS/c31-30-20-26-14-11-23(8-4-7-22-5-2-1-3-6-22)17-28(26)19-29(30)18-24-9-12-25(13-10-24)27-15-16-32-21-27/h1-3,5-6,9-17,19-21,31H,7,18H2. The number of phenolic OH excluding ortho intramolecular Hbond substituents is 1. The van der Waals surface area contributed by atoms with Crippen molar-refractivity contribution in [1.82, 2.24) is 0 Å². The van der Waals surface area contributed by atoms with Crippen LogP contribution in [0.4, 0.5) is 0 Å². The molecule has 4 aromatic carbocycles. The highest BCUT2D eigenvalue weighted by Gasteiger charge is 2.07. The molecule has 5 aromatic rings. The van der Waals surface area contributed by atoms with Gasteiger partial charge in [0, 0.05) is 18.4 Å². The van der Waals surface area contributed by atoms with Crippen LogP contribution in [0.5, 0.6) is 5.75 Å². The summed E-state index contributed by atoms with van der Waals surface area (Å²) in [6.45, 7) is 0. The van der Waals surface area contributed by atoms with E-state index in [1.54, 1.807) is 11.3 Å². The van der Waals surface area contributed by atoms with Crippen molar-refractivity contribution < 1.29 is 5.11 Å². The molecule has 0 atom stereocenters. The molecule has 0 radical (unpaired) electrons. The number of fused-ring (bicyclic) bond motifs is 1. The number of hydrogen-bond acceptors (Lipinski definition) is 2. The van der Waals surface area contributed by atoms with Crippen molar-refractivity contribution >= 4 is 22.1 Å². The normalized spacial score (nSPS) is 10.6. The summed E-state index contributed by atoms with van der Waals surface area (Å²) in [7, 11) is 0. The van der Waals surface area contributed by atoms with Crippen molar-refractivity contribution in [1.29, 1.82) is 0 Å². The van der Waals surface area contributed by atoms with Crippen molar-refractivity contribution in [3.05, 3.63) is 124 Å². The van der Waals surface area contributed by atoms with E-state index in [2.05, 4.69) is 77.2 Å². The van der Waals surface area contributed by atoms with Gasteiger partial charge in [-0.2, -0.15) is 11.3 Å². The third kappa shape index (κ3) is 4.59. The second-order valence-corrected chi connectivity index (χ2v) is 8.67. The Hall–Kier alpha value is -3.80. The van der Waals surface area contributed by atoms with E-state index in [9.17, 15) is 5.11 Å². The zero-order valence-corrected chi connectivity index (χ0v) is 18.4. The summed E-state index contributed by atoms with van der Waals surface area (Å²) in [6.07, 6.45) is 1.43. The molecule has 0 aliphatic rings. The van der Waals surface area contributed by atoms with Gasteiger partial charge in [0.1, 0.15) is 5.75 Å². The minimum absolute atomic E-state index is 0.335. The zero-order chi connectivity index (χ0) is 21.8. The quantitative estimate of drug-likeness (QED) is 0.293. The summed E-state index contributed by atoms with van der Waals surface area (Å²) in [6, 6.07) is 31.1. The Labute approximate surface area is 192 Å². The van der Waals surface area contributed by atoms with Gasteiger partial charge in [-0.05, 0) is 79.7 Å². The Bertz CT molecular complexity index is 1400. The van der Waals surface area contributed by atoms with Crippen LogP contribution in [-0.4, -0.2) is 5.11 Å². The van der Waals surface area contributed by atoms with Crippen LogP contribution in [-0.2, 0) is 12.8 Å². The van der Waals surface area contributed by atoms with Gasteiger partial charge in [0.05, 0.1) is 0 Å². The van der Waals surface area contributed by atoms with Gasteiger partial charge in [-0.25, -0.2) is 0 Å². The molecule has 154 valence electrons. The van der Waals surface area contributed by atoms with Gasteiger partial charge in [-0.15, -0.1) is 0 Å². The molecule has 0 aliphatic heterocycles. The van der Waals surface area contributed by atoms with Gasteiger partial charge in [0.15, 0.2) is 0 Å². The number of rotatable bonds is 4. The van der Waals surface area contributed by atoms with Crippen LogP contribution in [0.25, 0.3) is 21.9 Å². The first-order valence-electron chi connectivity index (χ1n) is 10.6. The minimum atomic E-state index is 0.335. The van der Waals surface area contributed by atoms with Gasteiger partial charge in [0.25, 0.3) is 0 Å². The molecule has 0 spiro atoms. The van der Waals surface area contributed by atoms with Crippen LogP contribution in [0.15, 0.2) is 102 Å². The first-order valence-corrected chi connectivity index (χ1v) is 11.6. The fourth-order valence-electron chi connectivity index (χ4n) is 3.86. The summed E-state index contributed by atoms with van der Waals surface area (Å²) in [4.78, 5) is 0. The average Bonchev–Trinajstić information content (AvgIpc) is 3.36. The van der Waals surface area contributed by atoms with Crippen LogP contribution in [0.2, 0.25) is 0 Å². The molecule has 5 rings (SSSR count). The van der Waals surface area contributed by atoms with Crippen molar-refractivity contribution in [2.75, 3.05) is 0 Å². The molecule has 0 bridgehead atoms. The molecular formula is C30H22OS. The topological polar surface area (TPSA) is 20.2 Å². The lowest BCUT2D eigenvalue weighted by molar-refractivity contribution is 0.470. The number of phenols is 1. The molecule has 2 heteroatoms. The number of hydrogen-bond donors (Lipinski definition) is 1. The summed E-state index contributed by atoms with van der Waals surface area (Å²) in [5.41, 5.74) is 6.78. The summed E-state index contributed by atoms with van der Waals surface area (Å²) >= 11 is 1.71.